The third-order valence-corrected chi connectivity index (χ3v) is 5.15. The molecule has 25 heavy (non-hydrogen) atoms. The summed E-state index contributed by atoms with van der Waals surface area (Å²) < 4.78 is 14.3. The molecule has 2 aromatic heterocycles. The van der Waals surface area contributed by atoms with E-state index in [1.165, 1.54) is 6.07 Å². The maximum absolute atomic E-state index is 14.3. The van der Waals surface area contributed by atoms with Crippen LogP contribution in [0.15, 0.2) is 24.4 Å². The van der Waals surface area contributed by atoms with E-state index in [9.17, 15) is 4.39 Å². The Morgan fingerprint density at radius 1 is 1.36 bits per heavy atom. The number of aromatic amines is 1. The Balaban J connectivity index is 1.73. The minimum Gasteiger partial charge on any atom is -0.354 e. The van der Waals surface area contributed by atoms with Gasteiger partial charge in [0.2, 0.25) is 0 Å². The van der Waals surface area contributed by atoms with Gasteiger partial charge in [0, 0.05) is 24.7 Å². The second kappa shape index (κ2) is 6.24. The van der Waals surface area contributed by atoms with E-state index in [-0.39, 0.29) is 17.1 Å². The molecule has 8 heteroatoms. The molecule has 1 aliphatic carbocycles. The van der Waals surface area contributed by atoms with Crippen molar-refractivity contribution in [3.05, 3.63) is 35.2 Å². The topological polar surface area (TPSA) is 83.7 Å². The van der Waals surface area contributed by atoms with Gasteiger partial charge in [0.25, 0.3) is 0 Å². The van der Waals surface area contributed by atoms with Crippen LogP contribution < -0.4 is 10.6 Å². The SMILES string of the molecule is CN(c1cnc2c(-c3cccc(Cl)c3F)n[nH]c2n1)[C@H]1CCC[C@@H]1N. The molecule has 0 aliphatic heterocycles. The number of hydrogen-bond acceptors (Lipinski definition) is 5. The number of nitrogens with zero attached hydrogens (tertiary/aromatic N) is 4. The summed E-state index contributed by atoms with van der Waals surface area (Å²) in [4.78, 5) is 11.1. The summed E-state index contributed by atoms with van der Waals surface area (Å²) in [5, 5.41) is 7.08. The summed E-state index contributed by atoms with van der Waals surface area (Å²) in [6.07, 6.45) is 4.86. The molecular weight excluding hydrogens is 343 g/mol. The highest BCUT2D eigenvalue weighted by Gasteiger charge is 2.28. The van der Waals surface area contributed by atoms with Crippen molar-refractivity contribution in [2.24, 2.45) is 5.73 Å². The van der Waals surface area contributed by atoms with Gasteiger partial charge in [-0.25, -0.2) is 14.4 Å². The average Bonchev–Trinajstić information content (AvgIpc) is 3.22. The van der Waals surface area contributed by atoms with Gasteiger partial charge in [0.1, 0.15) is 17.0 Å². The highest BCUT2D eigenvalue weighted by Crippen LogP contribution is 2.31. The second-order valence-corrected chi connectivity index (χ2v) is 6.78. The molecule has 0 bridgehead atoms. The molecular formula is C17H18ClFN6. The Morgan fingerprint density at radius 3 is 2.96 bits per heavy atom. The third kappa shape index (κ3) is 2.73. The van der Waals surface area contributed by atoms with Crippen LogP contribution in [0.2, 0.25) is 5.02 Å². The van der Waals surface area contributed by atoms with Gasteiger partial charge in [0.15, 0.2) is 11.5 Å². The number of aromatic nitrogens is 4. The van der Waals surface area contributed by atoms with Gasteiger partial charge in [-0.05, 0) is 31.4 Å². The van der Waals surface area contributed by atoms with Crippen LogP contribution >= 0.6 is 11.6 Å². The van der Waals surface area contributed by atoms with Crippen molar-refractivity contribution in [2.75, 3.05) is 11.9 Å². The maximum atomic E-state index is 14.3. The summed E-state index contributed by atoms with van der Waals surface area (Å²) in [6.45, 7) is 0. The van der Waals surface area contributed by atoms with Gasteiger partial charge in [-0.2, -0.15) is 5.10 Å². The lowest BCUT2D eigenvalue weighted by atomic mass is 10.1. The largest absolute Gasteiger partial charge is 0.354 e. The van der Waals surface area contributed by atoms with E-state index in [1.54, 1.807) is 18.3 Å². The highest BCUT2D eigenvalue weighted by atomic mass is 35.5. The van der Waals surface area contributed by atoms with E-state index < -0.39 is 5.82 Å². The van der Waals surface area contributed by atoms with Gasteiger partial charge in [-0.1, -0.05) is 17.7 Å². The van der Waals surface area contributed by atoms with Crippen LogP contribution in [0, 0.1) is 5.82 Å². The van der Waals surface area contributed by atoms with Crippen LogP contribution in [-0.4, -0.2) is 39.3 Å². The molecule has 3 aromatic rings. The van der Waals surface area contributed by atoms with E-state index in [0.717, 1.165) is 25.1 Å². The number of H-pyrrole nitrogens is 1. The van der Waals surface area contributed by atoms with Gasteiger partial charge in [-0.3, -0.25) is 5.10 Å². The molecule has 0 amide bonds. The van der Waals surface area contributed by atoms with E-state index in [2.05, 4.69) is 25.1 Å². The van der Waals surface area contributed by atoms with E-state index >= 15 is 0 Å². The Labute approximate surface area is 149 Å². The highest BCUT2D eigenvalue weighted by molar-refractivity contribution is 6.31. The summed E-state index contributed by atoms with van der Waals surface area (Å²) in [5.41, 5.74) is 7.89. The minimum absolute atomic E-state index is 0.0492. The van der Waals surface area contributed by atoms with Gasteiger partial charge in [0.05, 0.1) is 11.2 Å². The monoisotopic (exact) mass is 360 g/mol. The number of likely N-dealkylation sites (N-methyl/N-ethyl adjacent to an activating group) is 1. The predicted octanol–water partition coefficient (Wildman–Crippen LogP) is 3.13. The number of nitrogens with one attached hydrogen (secondary N) is 1. The molecule has 2 atom stereocenters. The number of halogens is 2. The minimum atomic E-state index is -0.516. The predicted molar refractivity (Wildman–Crippen MR) is 96.1 cm³/mol. The first kappa shape index (κ1) is 16.2. The molecule has 0 spiro atoms. The average molecular weight is 361 g/mol. The normalized spacial score (nSPS) is 20.3. The molecule has 1 saturated carbocycles. The van der Waals surface area contributed by atoms with Crippen molar-refractivity contribution in [3.63, 3.8) is 0 Å². The molecule has 0 saturated heterocycles. The third-order valence-electron chi connectivity index (χ3n) is 4.85. The van der Waals surface area contributed by atoms with Crippen LogP contribution in [0.25, 0.3) is 22.4 Å². The Morgan fingerprint density at radius 2 is 2.20 bits per heavy atom. The summed E-state index contributed by atoms with van der Waals surface area (Å²) in [5.74, 6) is 0.203. The van der Waals surface area contributed by atoms with Crippen molar-refractivity contribution in [1.29, 1.82) is 0 Å². The van der Waals surface area contributed by atoms with Crippen molar-refractivity contribution >= 4 is 28.6 Å². The standard InChI is InChI=1S/C17H18ClFN6/c1-25(12-7-3-6-11(12)20)13-8-21-16-15(23-24-17(16)22-13)9-4-2-5-10(18)14(9)19/h2,4-5,8,11-12H,3,6-7,20H2,1H3,(H,22,23,24)/t11-,12-/m0/s1. The van der Waals surface area contributed by atoms with E-state index in [4.69, 9.17) is 17.3 Å². The quantitative estimate of drug-likeness (QED) is 0.749. The molecule has 130 valence electrons. The lowest BCUT2D eigenvalue weighted by Gasteiger charge is -2.28. The van der Waals surface area contributed by atoms with Crippen LogP contribution in [0.3, 0.4) is 0 Å². The Hall–Kier alpha value is -2.25. The first-order chi connectivity index (χ1) is 12.1. The fourth-order valence-corrected chi connectivity index (χ4v) is 3.63. The van der Waals surface area contributed by atoms with E-state index in [1.807, 2.05) is 7.05 Å². The molecule has 1 aromatic carbocycles. The lowest BCUT2D eigenvalue weighted by Crippen LogP contribution is -2.42. The Bertz CT molecular complexity index is 927. The number of fused-ring (bicyclic) bond motifs is 1. The zero-order valence-corrected chi connectivity index (χ0v) is 14.5. The zero-order chi connectivity index (χ0) is 17.6. The maximum Gasteiger partial charge on any atom is 0.177 e. The van der Waals surface area contributed by atoms with Crippen LogP contribution in [0.4, 0.5) is 10.2 Å². The van der Waals surface area contributed by atoms with Crippen molar-refractivity contribution < 1.29 is 4.39 Å². The van der Waals surface area contributed by atoms with Crippen LogP contribution in [0.1, 0.15) is 19.3 Å². The van der Waals surface area contributed by atoms with Crippen molar-refractivity contribution in [2.45, 2.75) is 31.3 Å². The first-order valence-corrected chi connectivity index (χ1v) is 8.58. The fraction of sp³-hybridized carbons (Fsp3) is 0.353. The van der Waals surface area contributed by atoms with E-state index in [0.29, 0.717) is 22.4 Å². The molecule has 1 aliphatic rings. The molecule has 4 rings (SSSR count). The smallest absolute Gasteiger partial charge is 0.177 e. The van der Waals surface area contributed by atoms with Crippen molar-refractivity contribution in [1.82, 2.24) is 20.2 Å². The van der Waals surface area contributed by atoms with Gasteiger partial charge < -0.3 is 10.6 Å². The molecule has 2 heterocycles. The summed E-state index contributed by atoms with van der Waals surface area (Å²) >= 11 is 5.87. The second-order valence-electron chi connectivity index (χ2n) is 6.37. The number of benzene rings is 1. The summed E-state index contributed by atoms with van der Waals surface area (Å²) in [7, 11) is 1.97. The fourth-order valence-electron chi connectivity index (χ4n) is 3.46. The number of nitrogens with two attached hydrogens (primary N) is 1. The lowest BCUT2D eigenvalue weighted by molar-refractivity contribution is 0.568. The zero-order valence-electron chi connectivity index (χ0n) is 13.7. The molecule has 0 radical (unpaired) electrons. The molecule has 6 nitrogen and oxygen atoms in total. The van der Waals surface area contributed by atoms with Crippen molar-refractivity contribution in [3.8, 4) is 11.3 Å². The molecule has 0 unspecified atom stereocenters. The summed E-state index contributed by atoms with van der Waals surface area (Å²) in [6, 6.07) is 5.19. The molecule has 3 N–H and O–H groups in total. The van der Waals surface area contributed by atoms with Gasteiger partial charge in [-0.15, -0.1) is 0 Å². The van der Waals surface area contributed by atoms with Crippen LogP contribution in [-0.2, 0) is 0 Å². The number of hydrogen-bond donors (Lipinski definition) is 2. The molecule has 1 fully saturated rings. The van der Waals surface area contributed by atoms with Crippen LogP contribution in [0.5, 0.6) is 0 Å². The Kier molecular flexibility index (Phi) is 4.05. The van der Waals surface area contributed by atoms with Gasteiger partial charge >= 0.3 is 0 Å². The first-order valence-electron chi connectivity index (χ1n) is 8.20. The number of rotatable bonds is 3. The number of anilines is 1.